The van der Waals surface area contributed by atoms with Gasteiger partial charge in [0.1, 0.15) is 11.9 Å². The zero-order chi connectivity index (χ0) is 20.8. The molecular weight excluding hydrogens is 369 g/mol. The molecule has 6 heteroatoms. The number of amides is 2. The molecule has 2 fully saturated rings. The maximum atomic E-state index is 14.1. The molecule has 1 aliphatic carbocycles. The molecule has 0 spiro atoms. The summed E-state index contributed by atoms with van der Waals surface area (Å²) in [6.07, 6.45) is 5.89. The Morgan fingerprint density at radius 2 is 1.72 bits per heavy atom. The van der Waals surface area contributed by atoms with E-state index in [0.29, 0.717) is 44.2 Å². The second-order valence-electron chi connectivity index (χ2n) is 8.79. The lowest BCUT2D eigenvalue weighted by Gasteiger charge is -2.38. The number of nitrogens with zero attached hydrogens (tertiary/aromatic N) is 2. The summed E-state index contributed by atoms with van der Waals surface area (Å²) in [5.74, 6) is 0.161. The van der Waals surface area contributed by atoms with Crippen LogP contribution in [0.15, 0.2) is 24.3 Å². The first kappa shape index (κ1) is 21.6. The molecule has 1 aromatic carbocycles. The van der Waals surface area contributed by atoms with E-state index in [-0.39, 0.29) is 23.5 Å². The highest BCUT2D eigenvalue weighted by Gasteiger charge is 2.31. The molecule has 1 N–H and O–H groups in total. The molecule has 1 unspecified atom stereocenters. The molecule has 1 atom stereocenters. The molecular formula is C23H34FN3O2. The number of hydrogen-bond donors (Lipinski definition) is 1. The van der Waals surface area contributed by atoms with Crippen molar-refractivity contribution in [2.75, 3.05) is 31.1 Å². The SMILES string of the molecule is CC(C)CC(NC(=O)C1CCCCC1)C(=O)N1CCN(c2ccccc2F)CC1. The standard InChI is InChI=1S/C23H34FN3O2/c1-17(2)16-20(25-22(28)18-8-4-3-5-9-18)23(29)27-14-12-26(13-15-27)21-11-7-6-10-19(21)24/h6-7,10-11,17-18,20H,3-5,8-9,12-16H2,1-2H3,(H,25,28). The normalized spacial score (nSPS) is 19.3. The van der Waals surface area contributed by atoms with Gasteiger partial charge in [-0.1, -0.05) is 45.2 Å². The van der Waals surface area contributed by atoms with Crippen molar-refractivity contribution in [3.63, 3.8) is 0 Å². The third kappa shape index (κ3) is 5.71. The average molecular weight is 404 g/mol. The predicted octanol–water partition coefficient (Wildman–Crippen LogP) is 3.59. The van der Waals surface area contributed by atoms with Crippen LogP contribution in [-0.2, 0) is 9.59 Å². The van der Waals surface area contributed by atoms with Crippen LogP contribution in [0.3, 0.4) is 0 Å². The maximum absolute atomic E-state index is 14.1. The summed E-state index contributed by atoms with van der Waals surface area (Å²) >= 11 is 0. The second-order valence-corrected chi connectivity index (χ2v) is 8.79. The van der Waals surface area contributed by atoms with Gasteiger partial charge in [-0.2, -0.15) is 0 Å². The lowest BCUT2D eigenvalue weighted by atomic mass is 9.88. The minimum absolute atomic E-state index is 0.00366. The Bertz CT molecular complexity index is 695. The summed E-state index contributed by atoms with van der Waals surface area (Å²) in [6, 6.07) is 6.29. The van der Waals surface area contributed by atoms with Crippen molar-refractivity contribution < 1.29 is 14.0 Å². The fourth-order valence-corrected chi connectivity index (χ4v) is 4.44. The van der Waals surface area contributed by atoms with E-state index in [1.165, 1.54) is 12.5 Å². The first-order valence-corrected chi connectivity index (χ1v) is 11.0. The lowest BCUT2D eigenvalue weighted by Crippen LogP contribution is -2.56. The molecule has 1 saturated heterocycles. The van der Waals surface area contributed by atoms with E-state index in [4.69, 9.17) is 0 Å². The van der Waals surface area contributed by atoms with Crippen molar-refractivity contribution in [3.8, 4) is 0 Å². The number of hydrogen-bond acceptors (Lipinski definition) is 3. The van der Waals surface area contributed by atoms with Crippen LogP contribution in [0.5, 0.6) is 0 Å². The maximum Gasteiger partial charge on any atom is 0.245 e. The fourth-order valence-electron chi connectivity index (χ4n) is 4.44. The van der Waals surface area contributed by atoms with E-state index in [0.717, 1.165) is 25.7 Å². The zero-order valence-electron chi connectivity index (χ0n) is 17.7. The van der Waals surface area contributed by atoms with Crippen LogP contribution in [0.25, 0.3) is 0 Å². The van der Waals surface area contributed by atoms with Crippen LogP contribution in [0.2, 0.25) is 0 Å². The topological polar surface area (TPSA) is 52.7 Å². The van der Waals surface area contributed by atoms with Gasteiger partial charge in [-0.15, -0.1) is 0 Å². The second kappa shape index (κ2) is 10.1. The molecule has 0 aromatic heterocycles. The third-order valence-electron chi connectivity index (χ3n) is 6.08. The van der Waals surface area contributed by atoms with Crippen LogP contribution in [0.4, 0.5) is 10.1 Å². The van der Waals surface area contributed by atoms with Gasteiger partial charge in [0.2, 0.25) is 11.8 Å². The molecule has 0 radical (unpaired) electrons. The van der Waals surface area contributed by atoms with Gasteiger partial charge < -0.3 is 15.1 Å². The molecule has 1 saturated carbocycles. The minimum atomic E-state index is -0.468. The molecule has 5 nitrogen and oxygen atoms in total. The highest BCUT2D eigenvalue weighted by atomic mass is 19.1. The number of carbonyl (C=O) groups is 2. The zero-order valence-corrected chi connectivity index (χ0v) is 17.7. The average Bonchev–Trinajstić information content (AvgIpc) is 2.73. The number of carbonyl (C=O) groups excluding carboxylic acids is 2. The summed E-state index contributed by atoms with van der Waals surface area (Å²) in [5.41, 5.74) is 0.587. The Labute approximate surface area is 173 Å². The molecule has 0 bridgehead atoms. The largest absolute Gasteiger partial charge is 0.366 e. The predicted molar refractivity (Wildman–Crippen MR) is 113 cm³/mol. The van der Waals surface area contributed by atoms with Gasteiger partial charge in [0.25, 0.3) is 0 Å². The Balaban J connectivity index is 1.59. The van der Waals surface area contributed by atoms with E-state index in [2.05, 4.69) is 19.2 Å². The van der Waals surface area contributed by atoms with Crippen molar-refractivity contribution in [1.82, 2.24) is 10.2 Å². The molecule has 2 aliphatic rings. The van der Waals surface area contributed by atoms with Gasteiger partial charge in [-0.3, -0.25) is 9.59 Å². The van der Waals surface area contributed by atoms with Gasteiger partial charge in [0.15, 0.2) is 0 Å². The summed E-state index contributed by atoms with van der Waals surface area (Å²) in [7, 11) is 0. The number of para-hydroxylation sites is 1. The molecule has 3 rings (SSSR count). The van der Waals surface area contributed by atoms with Gasteiger partial charge >= 0.3 is 0 Å². The van der Waals surface area contributed by atoms with Crippen LogP contribution in [-0.4, -0.2) is 48.9 Å². The van der Waals surface area contributed by atoms with Crippen LogP contribution >= 0.6 is 0 Å². The molecule has 160 valence electrons. The summed E-state index contributed by atoms with van der Waals surface area (Å²) in [4.78, 5) is 29.7. The van der Waals surface area contributed by atoms with E-state index >= 15 is 0 Å². The molecule has 2 amide bonds. The highest BCUT2D eigenvalue weighted by Crippen LogP contribution is 2.24. The van der Waals surface area contributed by atoms with Gasteiger partial charge in [0.05, 0.1) is 5.69 Å². The summed E-state index contributed by atoms with van der Waals surface area (Å²) in [6.45, 7) is 6.42. The summed E-state index contributed by atoms with van der Waals surface area (Å²) < 4.78 is 14.1. The van der Waals surface area contributed by atoms with E-state index in [1.807, 2.05) is 15.9 Å². The van der Waals surface area contributed by atoms with Crippen molar-refractivity contribution in [2.45, 2.75) is 58.4 Å². The van der Waals surface area contributed by atoms with Crippen molar-refractivity contribution in [3.05, 3.63) is 30.1 Å². The van der Waals surface area contributed by atoms with Gasteiger partial charge in [0, 0.05) is 32.1 Å². The fraction of sp³-hybridized carbons (Fsp3) is 0.652. The van der Waals surface area contributed by atoms with Crippen molar-refractivity contribution in [2.24, 2.45) is 11.8 Å². The minimum Gasteiger partial charge on any atom is -0.366 e. The first-order chi connectivity index (χ1) is 14.0. The highest BCUT2D eigenvalue weighted by molar-refractivity contribution is 5.88. The number of benzene rings is 1. The number of rotatable bonds is 6. The van der Waals surface area contributed by atoms with E-state index in [9.17, 15) is 14.0 Å². The Kier molecular flexibility index (Phi) is 7.51. The van der Waals surface area contributed by atoms with Crippen LogP contribution < -0.4 is 10.2 Å². The Morgan fingerprint density at radius 3 is 2.34 bits per heavy atom. The monoisotopic (exact) mass is 403 g/mol. The van der Waals surface area contributed by atoms with Crippen molar-refractivity contribution >= 4 is 17.5 Å². The third-order valence-corrected chi connectivity index (χ3v) is 6.08. The number of nitrogens with one attached hydrogen (secondary N) is 1. The van der Waals surface area contributed by atoms with Gasteiger partial charge in [-0.25, -0.2) is 4.39 Å². The number of piperazine rings is 1. The van der Waals surface area contributed by atoms with E-state index in [1.54, 1.807) is 12.1 Å². The van der Waals surface area contributed by atoms with E-state index < -0.39 is 6.04 Å². The van der Waals surface area contributed by atoms with Crippen LogP contribution in [0, 0.1) is 17.7 Å². The van der Waals surface area contributed by atoms with Gasteiger partial charge in [-0.05, 0) is 37.3 Å². The summed E-state index contributed by atoms with van der Waals surface area (Å²) in [5, 5.41) is 3.06. The molecule has 1 aliphatic heterocycles. The Morgan fingerprint density at radius 1 is 1.07 bits per heavy atom. The molecule has 1 aromatic rings. The smallest absolute Gasteiger partial charge is 0.245 e. The number of anilines is 1. The molecule has 1 heterocycles. The Hall–Kier alpha value is -2.11. The number of halogens is 1. The first-order valence-electron chi connectivity index (χ1n) is 11.0. The lowest BCUT2D eigenvalue weighted by molar-refractivity contribution is -0.138. The molecule has 29 heavy (non-hydrogen) atoms. The quantitative estimate of drug-likeness (QED) is 0.790. The van der Waals surface area contributed by atoms with Crippen LogP contribution in [0.1, 0.15) is 52.4 Å². The van der Waals surface area contributed by atoms with Crippen molar-refractivity contribution in [1.29, 1.82) is 0 Å².